The lowest BCUT2D eigenvalue weighted by Crippen LogP contribution is -2.20. The van der Waals surface area contributed by atoms with Crippen LogP contribution in [0.15, 0.2) is 16.2 Å². The van der Waals surface area contributed by atoms with Crippen LogP contribution in [-0.2, 0) is 13.2 Å². The monoisotopic (exact) mass is 251 g/mol. The third-order valence-electron chi connectivity index (χ3n) is 2.40. The predicted octanol–water partition coefficient (Wildman–Crippen LogP) is 0.857. The quantitative estimate of drug-likeness (QED) is 0.878. The van der Waals surface area contributed by atoms with Gasteiger partial charge in [-0.2, -0.15) is 5.10 Å². The molecule has 2 heterocycles. The Morgan fingerprint density at radius 2 is 2.24 bits per heavy atom. The van der Waals surface area contributed by atoms with Crippen LogP contribution in [0.3, 0.4) is 0 Å². The highest BCUT2D eigenvalue weighted by atomic mass is 32.1. The van der Waals surface area contributed by atoms with Gasteiger partial charge < -0.3 is 5.11 Å². The molecule has 2 rings (SSSR count). The molecule has 0 aliphatic carbocycles. The van der Waals surface area contributed by atoms with Crippen LogP contribution in [0, 0.1) is 13.8 Å². The summed E-state index contributed by atoms with van der Waals surface area (Å²) in [5.41, 5.74) is 1.62. The summed E-state index contributed by atoms with van der Waals surface area (Å²) in [6.45, 7) is 3.94. The van der Waals surface area contributed by atoms with Gasteiger partial charge in [-0.05, 0) is 13.8 Å². The van der Waals surface area contributed by atoms with E-state index in [1.165, 1.54) is 6.07 Å². The van der Waals surface area contributed by atoms with Crippen molar-refractivity contribution in [1.29, 1.82) is 0 Å². The number of nitrogens with zero attached hydrogens (tertiary/aromatic N) is 3. The van der Waals surface area contributed by atoms with Gasteiger partial charge in [0.25, 0.3) is 0 Å². The molecule has 1 N–H and O–H groups in total. The van der Waals surface area contributed by atoms with Crippen molar-refractivity contribution >= 4 is 11.3 Å². The van der Waals surface area contributed by atoms with Gasteiger partial charge in [-0.15, -0.1) is 11.3 Å². The van der Waals surface area contributed by atoms with Crippen molar-refractivity contribution in [2.75, 3.05) is 0 Å². The molecule has 17 heavy (non-hydrogen) atoms. The fourth-order valence-corrected chi connectivity index (χ4v) is 2.13. The predicted molar refractivity (Wildman–Crippen MR) is 65.1 cm³/mol. The van der Waals surface area contributed by atoms with Crippen molar-refractivity contribution in [2.24, 2.45) is 0 Å². The largest absolute Gasteiger partial charge is 0.390 e. The van der Waals surface area contributed by atoms with Crippen LogP contribution in [0.1, 0.15) is 22.1 Å². The second-order valence-corrected chi connectivity index (χ2v) is 4.83. The molecule has 0 spiro atoms. The summed E-state index contributed by atoms with van der Waals surface area (Å²) in [7, 11) is 0. The lowest BCUT2D eigenvalue weighted by Gasteiger charge is -2.08. The van der Waals surface area contributed by atoms with E-state index in [2.05, 4.69) is 10.1 Å². The first kappa shape index (κ1) is 11.9. The van der Waals surface area contributed by atoms with E-state index in [1.807, 2.05) is 19.2 Å². The number of thiazole rings is 1. The SMILES string of the molecule is Cc1nc(Cn2nc(CO)c(=O)cc2C)cs1. The zero-order valence-electron chi connectivity index (χ0n) is 9.67. The van der Waals surface area contributed by atoms with Crippen LogP contribution in [0.5, 0.6) is 0 Å². The summed E-state index contributed by atoms with van der Waals surface area (Å²) in [6, 6.07) is 1.48. The molecule has 5 nitrogen and oxygen atoms in total. The fourth-order valence-electron chi connectivity index (χ4n) is 1.53. The molecule has 0 unspecified atom stereocenters. The van der Waals surface area contributed by atoms with Gasteiger partial charge in [-0.3, -0.25) is 9.48 Å². The maximum absolute atomic E-state index is 11.4. The molecule has 0 saturated carbocycles. The van der Waals surface area contributed by atoms with Gasteiger partial charge in [0.15, 0.2) is 0 Å². The molecule has 0 radical (unpaired) electrons. The first-order valence-corrected chi connectivity index (χ1v) is 6.07. The smallest absolute Gasteiger partial charge is 0.206 e. The third kappa shape index (κ3) is 2.59. The van der Waals surface area contributed by atoms with Crippen molar-refractivity contribution < 1.29 is 5.11 Å². The number of aliphatic hydroxyl groups excluding tert-OH is 1. The van der Waals surface area contributed by atoms with Crippen molar-refractivity contribution in [3.63, 3.8) is 0 Å². The zero-order valence-corrected chi connectivity index (χ0v) is 10.5. The Hall–Kier alpha value is -1.53. The fraction of sp³-hybridized carbons (Fsp3) is 0.364. The van der Waals surface area contributed by atoms with E-state index in [-0.39, 0.29) is 17.7 Å². The average molecular weight is 251 g/mol. The van der Waals surface area contributed by atoms with Crippen LogP contribution in [0.2, 0.25) is 0 Å². The molecule has 0 fully saturated rings. The minimum absolute atomic E-state index is 0.169. The summed E-state index contributed by atoms with van der Waals surface area (Å²) < 4.78 is 1.68. The van der Waals surface area contributed by atoms with Crippen molar-refractivity contribution in [2.45, 2.75) is 27.0 Å². The van der Waals surface area contributed by atoms with E-state index in [4.69, 9.17) is 5.11 Å². The van der Waals surface area contributed by atoms with Crippen LogP contribution >= 0.6 is 11.3 Å². The Kier molecular flexibility index (Phi) is 3.35. The molecule has 0 aromatic carbocycles. The van der Waals surface area contributed by atoms with Gasteiger partial charge in [0.05, 0.1) is 23.9 Å². The number of hydrogen-bond acceptors (Lipinski definition) is 5. The Balaban J connectivity index is 2.35. The molecule has 0 amide bonds. The van der Waals surface area contributed by atoms with Crippen LogP contribution in [0.4, 0.5) is 0 Å². The third-order valence-corrected chi connectivity index (χ3v) is 3.22. The van der Waals surface area contributed by atoms with E-state index in [0.29, 0.717) is 6.54 Å². The Morgan fingerprint density at radius 3 is 2.82 bits per heavy atom. The molecule has 0 aliphatic rings. The normalized spacial score (nSPS) is 10.8. The topological polar surface area (TPSA) is 68.0 Å². The van der Waals surface area contributed by atoms with Crippen LogP contribution in [-0.4, -0.2) is 19.9 Å². The molecule has 6 heteroatoms. The summed E-state index contributed by atoms with van der Waals surface area (Å²) in [5, 5.41) is 16.1. The number of aromatic nitrogens is 3. The molecule has 2 aromatic heterocycles. The Morgan fingerprint density at radius 1 is 1.47 bits per heavy atom. The Bertz CT molecular complexity index is 589. The van der Waals surface area contributed by atoms with E-state index in [9.17, 15) is 4.79 Å². The molecular formula is C11H13N3O2S. The minimum Gasteiger partial charge on any atom is -0.390 e. The molecule has 0 bridgehead atoms. The van der Waals surface area contributed by atoms with Gasteiger partial charge in [-0.1, -0.05) is 0 Å². The molecule has 90 valence electrons. The van der Waals surface area contributed by atoms with Crippen LogP contribution < -0.4 is 5.43 Å². The average Bonchev–Trinajstić information content (AvgIpc) is 2.68. The number of aliphatic hydroxyl groups is 1. The standard InChI is InChI=1S/C11H13N3O2S/c1-7-3-11(16)10(5-15)13-14(7)4-9-6-17-8(2)12-9/h3,6,15H,4-5H2,1-2H3. The summed E-state index contributed by atoms with van der Waals surface area (Å²) in [6.07, 6.45) is 0. The lowest BCUT2D eigenvalue weighted by atomic mass is 10.3. The number of aryl methyl sites for hydroxylation is 2. The van der Waals surface area contributed by atoms with E-state index in [0.717, 1.165) is 16.4 Å². The number of hydrogen-bond donors (Lipinski definition) is 1. The lowest BCUT2D eigenvalue weighted by molar-refractivity contribution is 0.271. The summed E-state index contributed by atoms with van der Waals surface area (Å²) >= 11 is 1.58. The minimum atomic E-state index is -0.338. The highest BCUT2D eigenvalue weighted by Gasteiger charge is 2.06. The van der Waals surface area contributed by atoms with E-state index < -0.39 is 0 Å². The second kappa shape index (κ2) is 4.77. The maximum atomic E-state index is 11.4. The first-order chi connectivity index (χ1) is 8.10. The van der Waals surface area contributed by atoms with Crippen molar-refractivity contribution in [3.8, 4) is 0 Å². The summed E-state index contributed by atoms with van der Waals surface area (Å²) in [5.74, 6) is 0. The van der Waals surface area contributed by atoms with Crippen molar-refractivity contribution in [1.82, 2.24) is 14.8 Å². The van der Waals surface area contributed by atoms with Gasteiger partial charge >= 0.3 is 0 Å². The van der Waals surface area contributed by atoms with Crippen molar-refractivity contribution in [3.05, 3.63) is 43.8 Å². The van der Waals surface area contributed by atoms with Gasteiger partial charge in [0.1, 0.15) is 5.69 Å². The second-order valence-electron chi connectivity index (χ2n) is 3.77. The van der Waals surface area contributed by atoms with Gasteiger partial charge in [-0.25, -0.2) is 4.98 Å². The van der Waals surface area contributed by atoms with Gasteiger partial charge in [0.2, 0.25) is 5.43 Å². The first-order valence-electron chi connectivity index (χ1n) is 5.19. The molecule has 2 aromatic rings. The zero-order chi connectivity index (χ0) is 12.4. The van der Waals surface area contributed by atoms with Gasteiger partial charge in [0, 0.05) is 17.1 Å². The highest BCUT2D eigenvalue weighted by Crippen LogP contribution is 2.09. The molecule has 0 atom stereocenters. The molecular weight excluding hydrogens is 238 g/mol. The van der Waals surface area contributed by atoms with E-state index in [1.54, 1.807) is 16.0 Å². The molecule has 0 saturated heterocycles. The van der Waals surface area contributed by atoms with Crippen LogP contribution in [0.25, 0.3) is 0 Å². The number of rotatable bonds is 3. The summed E-state index contributed by atoms with van der Waals surface area (Å²) in [4.78, 5) is 15.8. The molecule has 0 aliphatic heterocycles. The highest BCUT2D eigenvalue weighted by molar-refractivity contribution is 7.09. The Labute approximate surface area is 102 Å². The van der Waals surface area contributed by atoms with E-state index >= 15 is 0 Å². The maximum Gasteiger partial charge on any atom is 0.206 e.